The highest BCUT2D eigenvalue weighted by Crippen LogP contribution is 2.41. The molecular formula is C47H31N3. The van der Waals surface area contributed by atoms with Crippen LogP contribution in [0.3, 0.4) is 0 Å². The van der Waals surface area contributed by atoms with Gasteiger partial charge in [-0.25, -0.2) is 4.98 Å². The fourth-order valence-electron chi connectivity index (χ4n) is 7.69. The van der Waals surface area contributed by atoms with Gasteiger partial charge in [0, 0.05) is 32.8 Å². The Morgan fingerprint density at radius 2 is 0.940 bits per heavy atom. The SMILES string of the molecule is c1ccc(-c2cc(-c3ccccc3)nc(-n3c4ccccc4c4cc(-c5cccc6c5c5ccccc5n6-c5ccccc5)ccc43)c2)cc1. The molecule has 0 spiro atoms. The first-order chi connectivity index (χ1) is 24.8. The van der Waals surface area contributed by atoms with Gasteiger partial charge in [-0.1, -0.05) is 133 Å². The second-order valence-electron chi connectivity index (χ2n) is 12.8. The molecule has 0 bridgehead atoms. The van der Waals surface area contributed by atoms with Crippen molar-refractivity contribution >= 4 is 43.6 Å². The van der Waals surface area contributed by atoms with Gasteiger partial charge in [-0.05, 0) is 76.9 Å². The van der Waals surface area contributed by atoms with Gasteiger partial charge in [-0.2, -0.15) is 0 Å². The van der Waals surface area contributed by atoms with Crippen LogP contribution in [0.25, 0.3) is 88.6 Å². The van der Waals surface area contributed by atoms with Crippen LogP contribution in [0.4, 0.5) is 0 Å². The summed E-state index contributed by atoms with van der Waals surface area (Å²) in [5, 5.41) is 4.92. The number of aromatic nitrogens is 3. The van der Waals surface area contributed by atoms with Crippen LogP contribution in [0.2, 0.25) is 0 Å². The number of fused-ring (bicyclic) bond motifs is 6. The Kier molecular flexibility index (Phi) is 6.49. The highest BCUT2D eigenvalue weighted by molar-refractivity contribution is 6.17. The quantitative estimate of drug-likeness (QED) is 0.184. The molecule has 234 valence electrons. The molecule has 50 heavy (non-hydrogen) atoms. The van der Waals surface area contributed by atoms with E-state index in [1.54, 1.807) is 0 Å². The Morgan fingerprint density at radius 3 is 1.70 bits per heavy atom. The number of para-hydroxylation sites is 3. The molecule has 0 saturated carbocycles. The summed E-state index contributed by atoms with van der Waals surface area (Å²) in [6.07, 6.45) is 0. The van der Waals surface area contributed by atoms with E-state index in [-0.39, 0.29) is 0 Å². The Balaban J connectivity index is 1.22. The molecule has 0 amide bonds. The van der Waals surface area contributed by atoms with E-state index in [9.17, 15) is 0 Å². The van der Waals surface area contributed by atoms with Crippen molar-refractivity contribution in [2.75, 3.05) is 0 Å². The molecule has 0 N–H and O–H groups in total. The topological polar surface area (TPSA) is 22.8 Å². The van der Waals surface area contributed by atoms with Gasteiger partial charge < -0.3 is 4.57 Å². The van der Waals surface area contributed by atoms with Crippen LogP contribution >= 0.6 is 0 Å². The van der Waals surface area contributed by atoms with Crippen LogP contribution in [-0.4, -0.2) is 14.1 Å². The first kappa shape index (κ1) is 28.3. The lowest BCUT2D eigenvalue weighted by atomic mass is 9.98. The molecule has 0 radical (unpaired) electrons. The second kappa shape index (κ2) is 11.5. The second-order valence-corrected chi connectivity index (χ2v) is 12.8. The summed E-state index contributed by atoms with van der Waals surface area (Å²) < 4.78 is 4.71. The monoisotopic (exact) mass is 637 g/mol. The maximum Gasteiger partial charge on any atom is 0.138 e. The molecule has 0 saturated heterocycles. The zero-order chi connectivity index (χ0) is 33.0. The maximum absolute atomic E-state index is 5.32. The van der Waals surface area contributed by atoms with E-state index in [0.717, 1.165) is 39.4 Å². The van der Waals surface area contributed by atoms with Crippen LogP contribution in [0, 0.1) is 0 Å². The molecule has 0 unspecified atom stereocenters. The van der Waals surface area contributed by atoms with Gasteiger partial charge in [0.1, 0.15) is 5.82 Å². The summed E-state index contributed by atoms with van der Waals surface area (Å²) >= 11 is 0. The molecule has 3 heteroatoms. The Hall–Kier alpha value is -6.71. The van der Waals surface area contributed by atoms with Crippen molar-refractivity contribution in [3.05, 3.63) is 188 Å². The summed E-state index contributed by atoms with van der Waals surface area (Å²) in [5.74, 6) is 0.900. The average molecular weight is 638 g/mol. The molecule has 0 atom stereocenters. The molecule has 3 nitrogen and oxygen atoms in total. The molecule has 7 aromatic carbocycles. The van der Waals surface area contributed by atoms with Gasteiger partial charge in [-0.3, -0.25) is 4.57 Å². The fraction of sp³-hybridized carbons (Fsp3) is 0. The molecule has 3 heterocycles. The van der Waals surface area contributed by atoms with E-state index in [4.69, 9.17) is 4.98 Å². The van der Waals surface area contributed by atoms with Gasteiger partial charge in [-0.15, -0.1) is 0 Å². The van der Waals surface area contributed by atoms with Crippen LogP contribution in [0.5, 0.6) is 0 Å². The minimum atomic E-state index is 0.900. The molecule has 10 aromatic rings. The van der Waals surface area contributed by atoms with E-state index >= 15 is 0 Å². The van der Waals surface area contributed by atoms with E-state index in [0.29, 0.717) is 0 Å². The lowest BCUT2D eigenvalue weighted by Gasteiger charge is -2.13. The number of hydrogen-bond acceptors (Lipinski definition) is 1. The molecule has 0 fully saturated rings. The number of rotatable bonds is 5. The third-order valence-electron chi connectivity index (χ3n) is 9.91. The summed E-state index contributed by atoms with van der Waals surface area (Å²) in [7, 11) is 0. The first-order valence-electron chi connectivity index (χ1n) is 17.1. The summed E-state index contributed by atoms with van der Waals surface area (Å²) in [4.78, 5) is 5.32. The Bertz CT molecular complexity index is 2790. The largest absolute Gasteiger partial charge is 0.309 e. The Morgan fingerprint density at radius 1 is 0.340 bits per heavy atom. The molecule has 0 aliphatic carbocycles. The fourth-order valence-corrected chi connectivity index (χ4v) is 7.69. The Labute approximate surface area is 290 Å². The van der Waals surface area contributed by atoms with E-state index in [1.165, 1.54) is 49.3 Å². The van der Waals surface area contributed by atoms with Crippen LogP contribution < -0.4 is 0 Å². The van der Waals surface area contributed by atoms with Crippen LogP contribution in [0.15, 0.2) is 188 Å². The predicted octanol–water partition coefficient (Wildman–Crippen LogP) is 12.3. The lowest BCUT2D eigenvalue weighted by molar-refractivity contribution is 1.08. The number of pyridine rings is 1. The van der Waals surface area contributed by atoms with Crippen molar-refractivity contribution in [2.24, 2.45) is 0 Å². The third kappa shape index (κ3) is 4.48. The predicted molar refractivity (Wildman–Crippen MR) is 209 cm³/mol. The van der Waals surface area contributed by atoms with Crippen molar-refractivity contribution in [3.63, 3.8) is 0 Å². The smallest absolute Gasteiger partial charge is 0.138 e. The zero-order valence-corrected chi connectivity index (χ0v) is 27.2. The van der Waals surface area contributed by atoms with Gasteiger partial charge in [0.15, 0.2) is 0 Å². The van der Waals surface area contributed by atoms with Crippen molar-refractivity contribution in [1.82, 2.24) is 14.1 Å². The first-order valence-corrected chi connectivity index (χ1v) is 17.1. The molecule has 3 aromatic heterocycles. The van der Waals surface area contributed by atoms with Crippen LogP contribution in [0.1, 0.15) is 0 Å². The molecule has 0 aliphatic heterocycles. The number of benzene rings is 7. The van der Waals surface area contributed by atoms with E-state index in [1.807, 2.05) is 0 Å². The summed E-state index contributed by atoms with van der Waals surface area (Å²) in [6.45, 7) is 0. The van der Waals surface area contributed by atoms with Gasteiger partial charge in [0.05, 0.1) is 27.8 Å². The maximum atomic E-state index is 5.32. The minimum Gasteiger partial charge on any atom is -0.309 e. The van der Waals surface area contributed by atoms with Crippen molar-refractivity contribution in [2.45, 2.75) is 0 Å². The number of hydrogen-bond donors (Lipinski definition) is 0. The normalized spacial score (nSPS) is 11.6. The van der Waals surface area contributed by atoms with Gasteiger partial charge >= 0.3 is 0 Å². The average Bonchev–Trinajstić information content (AvgIpc) is 3.71. The van der Waals surface area contributed by atoms with Crippen molar-refractivity contribution in [3.8, 4) is 45.0 Å². The van der Waals surface area contributed by atoms with Gasteiger partial charge in [0.25, 0.3) is 0 Å². The lowest BCUT2D eigenvalue weighted by Crippen LogP contribution is -2.00. The highest BCUT2D eigenvalue weighted by Gasteiger charge is 2.19. The molecule has 0 aliphatic rings. The van der Waals surface area contributed by atoms with E-state index < -0.39 is 0 Å². The molecular weight excluding hydrogens is 607 g/mol. The van der Waals surface area contributed by atoms with Crippen molar-refractivity contribution in [1.29, 1.82) is 0 Å². The summed E-state index contributed by atoms with van der Waals surface area (Å²) in [5.41, 5.74) is 12.6. The standard InChI is InChI=1S/C47H31N3/c1-4-15-32(16-5-1)35-30-41(33-17-6-2-7-18-33)48-46(31-35)50-42-24-12-10-21-38(42)40-29-34(27-28-44(40)50)37-23-14-26-45-47(37)39-22-11-13-25-43(39)49(45)36-19-8-3-9-20-36/h1-31H. The highest BCUT2D eigenvalue weighted by atomic mass is 15.1. The zero-order valence-electron chi connectivity index (χ0n) is 27.2. The van der Waals surface area contributed by atoms with E-state index in [2.05, 4.69) is 197 Å². The van der Waals surface area contributed by atoms with Crippen molar-refractivity contribution < 1.29 is 0 Å². The minimum absolute atomic E-state index is 0.900. The summed E-state index contributed by atoms with van der Waals surface area (Å²) in [6, 6.07) is 67.2. The number of nitrogens with zero attached hydrogens (tertiary/aromatic N) is 3. The van der Waals surface area contributed by atoms with Gasteiger partial charge in [0.2, 0.25) is 0 Å². The molecule has 10 rings (SSSR count). The third-order valence-corrected chi connectivity index (χ3v) is 9.91. The van der Waals surface area contributed by atoms with Crippen LogP contribution in [-0.2, 0) is 0 Å².